The van der Waals surface area contributed by atoms with Crippen molar-refractivity contribution in [3.8, 4) is 0 Å². The molecule has 1 aromatic heterocycles. The first-order valence-electron chi connectivity index (χ1n) is 6.68. The van der Waals surface area contributed by atoms with Crippen molar-refractivity contribution in [2.24, 2.45) is 0 Å². The highest BCUT2D eigenvalue weighted by Gasteiger charge is 2.10. The molecule has 2 rings (SSSR count). The van der Waals surface area contributed by atoms with Gasteiger partial charge in [0.2, 0.25) is 0 Å². The Hall–Kier alpha value is -1.24. The van der Waals surface area contributed by atoms with Crippen LogP contribution in [0.4, 0.5) is 0 Å². The highest BCUT2D eigenvalue weighted by molar-refractivity contribution is 5.82. The van der Waals surface area contributed by atoms with E-state index in [1.165, 1.54) is 27.7 Å². The fourth-order valence-electron chi connectivity index (χ4n) is 2.42. The third-order valence-corrected chi connectivity index (χ3v) is 3.53. The molecule has 0 bridgehead atoms. The summed E-state index contributed by atoms with van der Waals surface area (Å²) in [6, 6.07) is 6.99. The SMILES string of the molecule is CCc1cc2[nH]c(C(C)C)cc2cc1C(C)C. The first kappa shape index (κ1) is 12.2. The van der Waals surface area contributed by atoms with E-state index in [0.29, 0.717) is 11.8 Å². The monoisotopic (exact) mass is 229 g/mol. The molecule has 0 aliphatic rings. The van der Waals surface area contributed by atoms with Gasteiger partial charge in [-0.3, -0.25) is 0 Å². The van der Waals surface area contributed by atoms with Crippen LogP contribution in [0.3, 0.4) is 0 Å². The average Bonchev–Trinajstić information content (AvgIpc) is 2.69. The molecule has 0 saturated heterocycles. The third kappa shape index (κ3) is 2.24. The Labute approximate surface area is 104 Å². The van der Waals surface area contributed by atoms with E-state index < -0.39 is 0 Å². The van der Waals surface area contributed by atoms with Crippen molar-refractivity contribution in [1.29, 1.82) is 0 Å². The maximum atomic E-state index is 3.54. The molecule has 2 aromatic rings. The lowest BCUT2D eigenvalue weighted by Crippen LogP contribution is -1.94. The molecule has 92 valence electrons. The van der Waals surface area contributed by atoms with Gasteiger partial charge in [-0.25, -0.2) is 0 Å². The normalized spacial score (nSPS) is 11.9. The van der Waals surface area contributed by atoms with Gasteiger partial charge in [-0.15, -0.1) is 0 Å². The summed E-state index contributed by atoms with van der Waals surface area (Å²) in [5.74, 6) is 1.17. The van der Waals surface area contributed by atoms with Crippen LogP contribution in [0.5, 0.6) is 0 Å². The topological polar surface area (TPSA) is 15.8 Å². The summed E-state index contributed by atoms with van der Waals surface area (Å²) < 4.78 is 0. The largest absolute Gasteiger partial charge is 0.358 e. The Morgan fingerprint density at radius 1 is 1.00 bits per heavy atom. The van der Waals surface area contributed by atoms with Gasteiger partial charge in [-0.1, -0.05) is 34.6 Å². The number of benzene rings is 1. The third-order valence-electron chi connectivity index (χ3n) is 3.53. The van der Waals surface area contributed by atoms with Gasteiger partial charge in [-0.2, -0.15) is 0 Å². The van der Waals surface area contributed by atoms with E-state index in [-0.39, 0.29) is 0 Å². The summed E-state index contributed by atoms with van der Waals surface area (Å²) >= 11 is 0. The number of H-pyrrole nitrogens is 1. The Bertz CT molecular complexity index is 518. The lowest BCUT2D eigenvalue weighted by molar-refractivity contribution is 0.836. The van der Waals surface area contributed by atoms with Gasteiger partial charge >= 0.3 is 0 Å². The van der Waals surface area contributed by atoms with Crippen molar-refractivity contribution in [3.05, 3.63) is 35.0 Å². The summed E-state index contributed by atoms with van der Waals surface area (Å²) in [5, 5.41) is 1.36. The van der Waals surface area contributed by atoms with Crippen LogP contribution in [0.2, 0.25) is 0 Å². The highest BCUT2D eigenvalue weighted by atomic mass is 14.7. The number of aromatic nitrogens is 1. The average molecular weight is 229 g/mol. The Morgan fingerprint density at radius 3 is 2.24 bits per heavy atom. The molecule has 1 N–H and O–H groups in total. The molecule has 1 nitrogen and oxygen atoms in total. The lowest BCUT2D eigenvalue weighted by Gasteiger charge is -2.11. The molecule has 17 heavy (non-hydrogen) atoms. The van der Waals surface area contributed by atoms with Crippen molar-refractivity contribution in [2.75, 3.05) is 0 Å². The second-order valence-electron chi connectivity index (χ2n) is 5.53. The van der Waals surface area contributed by atoms with E-state index in [4.69, 9.17) is 0 Å². The lowest BCUT2D eigenvalue weighted by atomic mass is 9.94. The molecule has 0 spiro atoms. The smallest absolute Gasteiger partial charge is 0.0459 e. The molecule has 1 aromatic carbocycles. The van der Waals surface area contributed by atoms with Crippen molar-refractivity contribution in [2.45, 2.75) is 52.9 Å². The number of hydrogen-bond acceptors (Lipinski definition) is 0. The fourth-order valence-corrected chi connectivity index (χ4v) is 2.42. The Balaban J connectivity index is 2.61. The van der Waals surface area contributed by atoms with Crippen molar-refractivity contribution in [3.63, 3.8) is 0 Å². The van der Waals surface area contributed by atoms with Crippen LogP contribution in [-0.4, -0.2) is 4.98 Å². The van der Waals surface area contributed by atoms with Gasteiger partial charge in [0.05, 0.1) is 0 Å². The molecule has 1 heteroatoms. The van der Waals surface area contributed by atoms with Gasteiger partial charge in [0.15, 0.2) is 0 Å². The van der Waals surface area contributed by atoms with Crippen LogP contribution in [0, 0.1) is 0 Å². The van der Waals surface area contributed by atoms with Crippen LogP contribution >= 0.6 is 0 Å². The van der Waals surface area contributed by atoms with Crippen LogP contribution in [0.1, 0.15) is 63.3 Å². The van der Waals surface area contributed by atoms with Gasteiger partial charge in [-0.05, 0) is 53.0 Å². The number of fused-ring (bicyclic) bond motifs is 1. The predicted octanol–water partition coefficient (Wildman–Crippen LogP) is 4.98. The molecule has 0 unspecified atom stereocenters. The molecule has 1 heterocycles. The first-order chi connectivity index (χ1) is 8.02. The molecule has 0 amide bonds. The zero-order chi connectivity index (χ0) is 12.6. The summed E-state index contributed by atoms with van der Waals surface area (Å²) in [4.78, 5) is 3.54. The molecular weight excluding hydrogens is 206 g/mol. The summed E-state index contributed by atoms with van der Waals surface area (Å²) in [5.41, 5.74) is 5.59. The van der Waals surface area contributed by atoms with Crippen LogP contribution in [0.25, 0.3) is 10.9 Å². The standard InChI is InChI=1S/C16H23N/c1-6-12-8-16-13(7-14(12)10(2)3)9-15(17-16)11(4)5/h7-11,17H,6H2,1-5H3. The minimum absolute atomic E-state index is 0.565. The van der Waals surface area contributed by atoms with Crippen LogP contribution in [-0.2, 0) is 6.42 Å². The summed E-state index contributed by atoms with van der Waals surface area (Å²) in [7, 11) is 0. The van der Waals surface area contributed by atoms with E-state index in [2.05, 4.69) is 57.8 Å². The second kappa shape index (κ2) is 4.56. The first-order valence-corrected chi connectivity index (χ1v) is 6.68. The van der Waals surface area contributed by atoms with Crippen LogP contribution < -0.4 is 0 Å². The van der Waals surface area contributed by atoms with Gasteiger partial charge in [0, 0.05) is 11.2 Å². The number of rotatable bonds is 3. The Kier molecular flexibility index (Phi) is 3.28. The summed E-state index contributed by atoms with van der Waals surface area (Å²) in [6.07, 6.45) is 1.11. The van der Waals surface area contributed by atoms with Crippen LogP contribution in [0.15, 0.2) is 18.2 Å². The maximum Gasteiger partial charge on any atom is 0.0459 e. The van der Waals surface area contributed by atoms with E-state index in [1.807, 2.05) is 0 Å². The van der Waals surface area contributed by atoms with Crippen molar-refractivity contribution in [1.82, 2.24) is 4.98 Å². The maximum absolute atomic E-state index is 3.54. The minimum atomic E-state index is 0.565. The van der Waals surface area contributed by atoms with E-state index in [1.54, 1.807) is 0 Å². The van der Waals surface area contributed by atoms with Gasteiger partial charge in [0.1, 0.15) is 0 Å². The number of aryl methyl sites for hydroxylation is 1. The molecule has 0 radical (unpaired) electrons. The number of nitrogens with one attached hydrogen (secondary N) is 1. The zero-order valence-electron chi connectivity index (χ0n) is 11.6. The molecular formula is C16H23N. The number of hydrogen-bond donors (Lipinski definition) is 1. The zero-order valence-corrected chi connectivity index (χ0v) is 11.6. The second-order valence-corrected chi connectivity index (χ2v) is 5.53. The molecule has 0 saturated carbocycles. The van der Waals surface area contributed by atoms with Gasteiger partial charge in [0.25, 0.3) is 0 Å². The summed E-state index contributed by atoms with van der Waals surface area (Å²) in [6.45, 7) is 11.2. The molecule has 0 atom stereocenters. The predicted molar refractivity (Wildman–Crippen MR) is 75.9 cm³/mol. The minimum Gasteiger partial charge on any atom is -0.358 e. The van der Waals surface area contributed by atoms with E-state index >= 15 is 0 Å². The molecule has 0 aliphatic heterocycles. The molecule has 0 fully saturated rings. The van der Waals surface area contributed by atoms with Crippen molar-refractivity contribution >= 4 is 10.9 Å². The Morgan fingerprint density at radius 2 is 1.71 bits per heavy atom. The van der Waals surface area contributed by atoms with E-state index in [9.17, 15) is 0 Å². The van der Waals surface area contributed by atoms with Crippen molar-refractivity contribution < 1.29 is 0 Å². The van der Waals surface area contributed by atoms with Gasteiger partial charge < -0.3 is 4.98 Å². The van der Waals surface area contributed by atoms with E-state index in [0.717, 1.165) is 6.42 Å². The molecule has 0 aliphatic carbocycles. The fraction of sp³-hybridized carbons (Fsp3) is 0.500. The quantitative estimate of drug-likeness (QED) is 0.764. The highest BCUT2D eigenvalue weighted by Crippen LogP contribution is 2.28. The number of aromatic amines is 1.